The Morgan fingerprint density at radius 3 is 2.56 bits per heavy atom. The van der Waals surface area contributed by atoms with E-state index in [-0.39, 0.29) is 62.2 Å². The Hall–Kier alpha value is -4.72. The number of sulfone groups is 1. The third-order valence-corrected chi connectivity index (χ3v) is 8.55. The summed E-state index contributed by atoms with van der Waals surface area (Å²) in [6.07, 6.45) is 7.72. The molecule has 0 aromatic carbocycles. The summed E-state index contributed by atoms with van der Waals surface area (Å²) >= 11 is 0. The lowest BCUT2D eigenvalue weighted by Crippen LogP contribution is -2.54. The molecule has 4 aromatic rings. The quantitative estimate of drug-likeness (QED) is 0.324. The number of hydrogen-bond acceptors (Lipinski definition) is 10. The molecule has 1 saturated heterocycles. The first kappa shape index (κ1) is 29.8. The maximum Gasteiger partial charge on any atom is 0.355 e. The predicted molar refractivity (Wildman–Crippen MR) is 161 cm³/mol. The number of carbonyl (C=O) groups excluding carboxylic acids is 1. The highest BCUT2D eigenvalue weighted by Crippen LogP contribution is 2.35. The van der Waals surface area contributed by atoms with Crippen LogP contribution in [-0.2, 0) is 14.6 Å². The van der Waals surface area contributed by atoms with Crippen molar-refractivity contribution < 1.29 is 17.6 Å². The molecule has 0 spiro atoms. The van der Waals surface area contributed by atoms with Gasteiger partial charge in [-0.1, -0.05) is 20.4 Å². The molecule has 5 rings (SSSR count). The third-order valence-electron chi connectivity index (χ3n) is 7.45. The van der Waals surface area contributed by atoms with Crippen molar-refractivity contribution in [2.24, 2.45) is 0 Å². The number of nitrogen functional groups attached to an aromatic ring is 1. The first-order valence-corrected chi connectivity index (χ1v) is 15.4. The Bertz CT molecular complexity index is 1940. The molecule has 0 saturated carbocycles. The van der Waals surface area contributed by atoms with Crippen molar-refractivity contribution in [1.82, 2.24) is 29.4 Å². The molecule has 1 aliphatic rings. The Morgan fingerprint density at radius 2 is 1.93 bits per heavy atom. The zero-order chi connectivity index (χ0) is 31.2. The molecule has 2 N–H and O–H groups in total. The number of aromatic nitrogens is 5. The minimum absolute atomic E-state index is 0.0163. The Morgan fingerprint density at radius 1 is 1.19 bits per heavy atom. The van der Waals surface area contributed by atoms with Gasteiger partial charge in [-0.25, -0.2) is 27.2 Å². The normalized spacial score (nSPS) is 15.7. The molecule has 1 atom stereocenters. The molecule has 43 heavy (non-hydrogen) atoms. The molecule has 0 bridgehead atoms. The second-order valence-electron chi connectivity index (χ2n) is 10.7. The van der Waals surface area contributed by atoms with Gasteiger partial charge >= 0.3 is 5.69 Å². The van der Waals surface area contributed by atoms with Gasteiger partial charge in [0, 0.05) is 56.1 Å². The highest BCUT2D eigenvalue weighted by molar-refractivity contribution is 7.90. The van der Waals surface area contributed by atoms with Crippen molar-refractivity contribution in [3.05, 3.63) is 71.4 Å². The Kier molecular flexibility index (Phi) is 7.73. The number of hydrogen-bond donors (Lipinski definition) is 1. The van der Waals surface area contributed by atoms with E-state index in [4.69, 9.17) is 5.73 Å². The fourth-order valence-corrected chi connectivity index (χ4v) is 6.13. The van der Waals surface area contributed by atoms with Crippen LogP contribution in [0.4, 0.5) is 15.9 Å². The summed E-state index contributed by atoms with van der Waals surface area (Å²) in [7, 11) is -3.89. The summed E-state index contributed by atoms with van der Waals surface area (Å²) in [4.78, 5) is 46.6. The lowest BCUT2D eigenvalue weighted by molar-refractivity contribution is -0.126. The summed E-state index contributed by atoms with van der Waals surface area (Å²) in [6, 6.07) is 2.42. The molecule has 4 aromatic heterocycles. The number of pyridine rings is 3. The van der Waals surface area contributed by atoms with Crippen molar-refractivity contribution in [3.8, 4) is 16.9 Å². The van der Waals surface area contributed by atoms with Crippen LogP contribution < -0.4 is 16.3 Å². The van der Waals surface area contributed by atoms with Crippen LogP contribution in [-0.4, -0.2) is 75.7 Å². The van der Waals surface area contributed by atoms with E-state index in [1.54, 1.807) is 4.90 Å². The van der Waals surface area contributed by atoms with Crippen molar-refractivity contribution in [2.75, 3.05) is 36.5 Å². The first-order valence-electron chi connectivity index (χ1n) is 13.5. The fourth-order valence-electron chi connectivity index (χ4n) is 5.32. The van der Waals surface area contributed by atoms with Crippen molar-refractivity contribution in [1.29, 1.82) is 0 Å². The van der Waals surface area contributed by atoms with Crippen molar-refractivity contribution in [2.45, 2.75) is 37.6 Å². The van der Waals surface area contributed by atoms with Crippen LogP contribution in [0, 0.1) is 5.82 Å². The van der Waals surface area contributed by atoms with Gasteiger partial charge in [-0.05, 0) is 36.6 Å². The summed E-state index contributed by atoms with van der Waals surface area (Å²) in [5.74, 6) is -1.04. The number of nitrogens with zero attached hydrogens (tertiary/aromatic N) is 7. The molecular weight excluding hydrogens is 575 g/mol. The van der Waals surface area contributed by atoms with Gasteiger partial charge in [0.1, 0.15) is 22.2 Å². The standard InChI is InChI=1S/C29H31FN8O4S/c1-6-24(39)36-9-10-37(17(4)15-36)27-19-11-21(30)25(18-7-8-32-13-22(18)31)34-28(19)38(29(40)35-27)26-20(16(2)3)12-33-14-23(26)43(5,41)42/h6-8,11-14,16-17H,1,9-10,15,31H2,2-5H3/t17-/m0/s1. The number of nitrogens with two attached hydrogens (primary N) is 1. The van der Waals surface area contributed by atoms with Crippen molar-refractivity contribution in [3.63, 3.8) is 0 Å². The second kappa shape index (κ2) is 11.2. The minimum Gasteiger partial charge on any atom is -0.397 e. The number of piperazine rings is 1. The van der Waals surface area contributed by atoms with Crippen LogP contribution in [0.15, 0.2) is 59.3 Å². The van der Waals surface area contributed by atoms with Gasteiger partial charge in [-0.15, -0.1) is 0 Å². The summed E-state index contributed by atoms with van der Waals surface area (Å²) in [6.45, 7) is 10.0. The SMILES string of the molecule is C=CC(=O)N1CCN(c2nc(=O)n(-c3c(C(C)C)cncc3S(C)(=O)=O)c3nc(-c4ccncc4N)c(F)cc23)[C@@H](C)C1. The van der Waals surface area contributed by atoms with Gasteiger partial charge in [0.2, 0.25) is 5.91 Å². The zero-order valence-corrected chi connectivity index (χ0v) is 25.0. The number of halogens is 1. The predicted octanol–water partition coefficient (Wildman–Crippen LogP) is 2.71. The highest BCUT2D eigenvalue weighted by Gasteiger charge is 2.31. The van der Waals surface area contributed by atoms with Gasteiger partial charge in [0.05, 0.1) is 23.0 Å². The lowest BCUT2D eigenvalue weighted by Gasteiger charge is -2.40. The van der Waals surface area contributed by atoms with E-state index in [0.29, 0.717) is 25.2 Å². The smallest absolute Gasteiger partial charge is 0.355 e. The number of anilines is 2. The molecule has 0 aliphatic carbocycles. The molecule has 1 aliphatic heterocycles. The van der Waals surface area contributed by atoms with Gasteiger partial charge in [-0.2, -0.15) is 4.98 Å². The topological polar surface area (TPSA) is 157 Å². The average Bonchev–Trinajstić information content (AvgIpc) is 2.96. The molecule has 14 heteroatoms. The van der Waals surface area contributed by atoms with E-state index in [0.717, 1.165) is 10.8 Å². The fraction of sp³-hybridized carbons (Fsp3) is 0.310. The molecule has 224 valence electrons. The van der Waals surface area contributed by atoms with Gasteiger partial charge in [0.15, 0.2) is 15.5 Å². The number of rotatable bonds is 6. The van der Waals surface area contributed by atoms with E-state index in [1.807, 2.05) is 25.7 Å². The van der Waals surface area contributed by atoms with Crippen LogP contribution in [0.1, 0.15) is 32.3 Å². The maximum absolute atomic E-state index is 15.9. The zero-order valence-electron chi connectivity index (χ0n) is 24.2. The van der Waals surface area contributed by atoms with Gasteiger partial charge < -0.3 is 15.5 Å². The molecular formula is C29H31FN8O4S. The minimum atomic E-state index is -3.89. The molecule has 12 nitrogen and oxygen atoms in total. The maximum atomic E-state index is 15.9. The third kappa shape index (κ3) is 5.33. The molecule has 1 fully saturated rings. The van der Waals surface area contributed by atoms with E-state index < -0.39 is 21.3 Å². The van der Waals surface area contributed by atoms with E-state index in [9.17, 15) is 18.0 Å². The van der Waals surface area contributed by atoms with Crippen LogP contribution in [0.25, 0.3) is 28.0 Å². The molecule has 0 unspecified atom stereocenters. The van der Waals surface area contributed by atoms with Crippen LogP contribution in [0.5, 0.6) is 0 Å². The average molecular weight is 607 g/mol. The lowest BCUT2D eigenvalue weighted by atomic mass is 10.0. The monoisotopic (exact) mass is 606 g/mol. The van der Waals surface area contributed by atoms with E-state index in [1.165, 1.54) is 43.0 Å². The van der Waals surface area contributed by atoms with E-state index >= 15 is 4.39 Å². The Balaban J connectivity index is 1.88. The second-order valence-corrected chi connectivity index (χ2v) is 12.7. The number of carbonyl (C=O) groups is 1. The van der Waals surface area contributed by atoms with Gasteiger partial charge in [-0.3, -0.25) is 14.8 Å². The largest absolute Gasteiger partial charge is 0.397 e. The van der Waals surface area contributed by atoms with Crippen molar-refractivity contribution >= 4 is 38.3 Å². The summed E-state index contributed by atoms with van der Waals surface area (Å²) < 4.78 is 43.0. The van der Waals surface area contributed by atoms with Crippen LogP contribution >= 0.6 is 0 Å². The molecule has 1 amide bonds. The Labute approximate surface area is 247 Å². The first-order chi connectivity index (χ1) is 20.3. The van der Waals surface area contributed by atoms with E-state index in [2.05, 4.69) is 26.5 Å². The summed E-state index contributed by atoms with van der Waals surface area (Å²) in [5, 5.41) is 0.176. The highest BCUT2D eigenvalue weighted by atomic mass is 32.2. The van der Waals surface area contributed by atoms with Crippen LogP contribution in [0.2, 0.25) is 0 Å². The van der Waals surface area contributed by atoms with Crippen LogP contribution in [0.3, 0.4) is 0 Å². The number of amides is 1. The molecule has 5 heterocycles. The van der Waals surface area contributed by atoms with Gasteiger partial charge in [0.25, 0.3) is 0 Å². The molecule has 0 radical (unpaired) electrons. The summed E-state index contributed by atoms with van der Waals surface area (Å²) in [5.41, 5.74) is 6.06. The number of fused-ring (bicyclic) bond motifs is 1.